The highest BCUT2D eigenvalue weighted by Crippen LogP contribution is 2.18. The van der Waals surface area contributed by atoms with Crippen LogP contribution in [0.15, 0.2) is 46.4 Å². The Bertz CT molecular complexity index is 794. The molecule has 120 valence electrons. The first-order valence-corrected chi connectivity index (χ1v) is 7.85. The van der Waals surface area contributed by atoms with Gasteiger partial charge in [0, 0.05) is 24.9 Å². The molecule has 2 rings (SSSR count). The summed E-state index contributed by atoms with van der Waals surface area (Å²) in [6.07, 6.45) is 5.26. The van der Waals surface area contributed by atoms with Crippen molar-refractivity contribution in [2.75, 3.05) is 18.0 Å². The number of nitrogens with zero attached hydrogens (tertiary/aromatic N) is 3. The van der Waals surface area contributed by atoms with Crippen LogP contribution in [-0.4, -0.2) is 13.1 Å². The van der Waals surface area contributed by atoms with E-state index < -0.39 is 0 Å². The molecule has 0 saturated heterocycles. The third kappa shape index (κ3) is 4.38. The fraction of sp³-hybridized carbons (Fsp3) is 0.200. The van der Waals surface area contributed by atoms with Gasteiger partial charge in [0.1, 0.15) is 29.2 Å². The first kappa shape index (κ1) is 17.1. The molecular formula is C20H19N3O. The van der Waals surface area contributed by atoms with Crippen molar-refractivity contribution < 1.29 is 4.42 Å². The second kappa shape index (κ2) is 8.41. The van der Waals surface area contributed by atoms with Crippen molar-refractivity contribution in [2.24, 2.45) is 0 Å². The van der Waals surface area contributed by atoms with E-state index in [1.165, 1.54) is 11.8 Å². The van der Waals surface area contributed by atoms with E-state index in [0.29, 0.717) is 11.5 Å². The number of nitriles is 2. The monoisotopic (exact) mass is 317 g/mol. The minimum atomic E-state index is 0.0203. The highest BCUT2D eigenvalue weighted by Gasteiger charge is 2.01. The summed E-state index contributed by atoms with van der Waals surface area (Å²) < 4.78 is 5.56. The van der Waals surface area contributed by atoms with Crippen molar-refractivity contribution in [2.45, 2.75) is 13.8 Å². The van der Waals surface area contributed by atoms with Gasteiger partial charge in [-0.15, -0.1) is 0 Å². The van der Waals surface area contributed by atoms with Gasteiger partial charge in [-0.05, 0) is 49.8 Å². The molecule has 0 amide bonds. The van der Waals surface area contributed by atoms with Gasteiger partial charge in [0.15, 0.2) is 0 Å². The predicted molar refractivity (Wildman–Crippen MR) is 96.8 cm³/mol. The fourth-order valence-electron chi connectivity index (χ4n) is 2.33. The molecule has 0 radical (unpaired) electrons. The van der Waals surface area contributed by atoms with Crippen LogP contribution in [0.5, 0.6) is 0 Å². The zero-order valence-corrected chi connectivity index (χ0v) is 13.9. The Labute approximate surface area is 142 Å². The lowest BCUT2D eigenvalue weighted by Gasteiger charge is -2.20. The number of benzene rings is 1. The lowest BCUT2D eigenvalue weighted by molar-refractivity contribution is 0.547. The molecule has 0 aliphatic rings. The smallest absolute Gasteiger partial charge is 0.133 e. The van der Waals surface area contributed by atoms with Gasteiger partial charge in [-0.2, -0.15) is 10.5 Å². The number of hydrogen-bond donors (Lipinski definition) is 0. The van der Waals surface area contributed by atoms with Gasteiger partial charge in [-0.25, -0.2) is 0 Å². The third-order valence-corrected chi connectivity index (χ3v) is 3.64. The summed E-state index contributed by atoms with van der Waals surface area (Å²) in [5.74, 6) is 1.16. The van der Waals surface area contributed by atoms with Crippen LogP contribution in [0.3, 0.4) is 0 Å². The second-order valence-corrected chi connectivity index (χ2v) is 5.12. The van der Waals surface area contributed by atoms with Crippen molar-refractivity contribution in [3.05, 3.63) is 59.1 Å². The number of anilines is 1. The van der Waals surface area contributed by atoms with E-state index in [2.05, 4.69) is 43.0 Å². The zero-order chi connectivity index (χ0) is 17.4. The van der Waals surface area contributed by atoms with E-state index in [4.69, 9.17) is 14.9 Å². The largest absolute Gasteiger partial charge is 0.457 e. The minimum absolute atomic E-state index is 0.0203. The molecule has 1 aromatic heterocycles. The summed E-state index contributed by atoms with van der Waals surface area (Å²) in [6, 6.07) is 15.5. The number of furan rings is 1. The normalized spacial score (nSPS) is 10.2. The van der Waals surface area contributed by atoms with Gasteiger partial charge >= 0.3 is 0 Å². The van der Waals surface area contributed by atoms with Crippen LogP contribution in [0, 0.1) is 22.7 Å². The van der Waals surface area contributed by atoms with Crippen molar-refractivity contribution in [1.82, 2.24) is 0 Å². The highest BCUT2D eigenvalue weighted by atomic mass is 16.3. The Balaban J connectivity index is 2.09. The Morgan fingerprint density at radius 2 is 1.58 bits per heavy atom. The standard InChI is InChI=1S/C20H19N3O/c1-3-23(4-2)18-8-5-16(6-9-18)7-10-19-11-12-20(24-19)13-17(14-21)15-22/h5-13H,3-4H2,1-2H3/b10-7+. The quantitative estimate of drug-likeness (QED) is 0.723. The Morgan fingerprint density at radius 3 is 2.17 bits per heavy atom. The number of allylic oxidation sites excluding steroid dienone is 1. The van der Waals surface area contributed by atoms with Crippen molar-refractivity contribution in [3.8, 4) is 12.1 Å². The van der Waals surface area contributed by atoms with Gasteiger partial charge in [0.2, 0.25) is 0 Å². The lowest BCUT2D eigenvalue weighted by Crippen LogP contribution is -2.21. The summed E-state index contributed by atoms with van der Waals surface area (Å²) in [5.41, 5.74) is 2.31. The maximum absolute atomic E-state index is 8.74. The van der Waals surface area contributed by atoms with E-state index in [1.54, 1.807) is 12.1 Å². The van der Waals surface area contributed by atoms with Crippen molar-refractivity contribution in [3.63, 3.8) is 0 Å². The molecule has 0 aliphatic carbocycles. The van der Waals surface area contributed by atoms with E-state index in [1.807, 2.05) is 24.3 Å². The first-order valence-electron chi connectivity index (χ1n) is 7.85. The van der Waals surface area contributed by atoms with Crippen LogP contribution in [-0.2, 0) is 0 Å². The molecule has 0 bridgehead atoms. The molecule has 0 N–H and O–H groups in total. The van der Waals surface area contributed by atoms with E-state index in [9.17, 15) is 0 Å². The maximum Gasteiger partial charge on any atom is 0.133 e. The van der Waals surface area contributed by atoms with E-state index in [0.717, 1.165) is 18.7 Å². The summed E-state index contributed by atoms with van der Waals surface area (Å²) >= 11 is 0. The van der Waals surface area contributed by atoms with Gasteiger partial charge in [0.25, 0.3) is 0 Å². The van der Waals surface area contributed by atoms with Crippen molar-refractivity contribution >= 4 is 23.9 Å². The first-order chi connectivity index (χ1) is 11.7. The molecule has 0 fully saturated rings. The van der Waals surface area contributed by atoms with Gasteiger partial charge in [-0.1, -0.05) is 18.2 Å². The van der Waals surface area contributed by atoms with E-state index in [-0.39, 0.29) is 5.57 Å². The molecule has 0 atom stereocenters. The molecule has 4 heteroatoms. The zero-order valence-electron chi connectivity index (χ0n) is 13.9. The van der Waals surface area contributed by atoms with Crippen LogP contribution in [0.4, 0.5) is 5.69 Å². The maximum atomic E-state index is 8.74. The molecule has 2 aromatic rings. The molecule has 0 aliphatic heterocycles. The fourth-order valence-corrected chi connectivity index (χ4v) is 2.33. The molecule has 4 nitrogen and oxygen atoms in total. The Morgan fingerprint density at radius 1 is 0.958 bits per heavy atom. The van der Waals surface area contributed by atoms with Crippen LogP contribution in [0.2, 0.25) is 0 Å². The predicted octanol–water partition coefficient (Wildman–Crippen LogP) is 4.73. The van der Waals surface area contributed by atoms with Crippen molar-refractivity contribution in [1.29, 1.82) is 10.5 Å². The van der Waals surface area contributed by atoms with Crippen LogP contribution in [0.25, 0.3) is 18.2 Å². The minimum Gasteiger partial charge on any atom is -0.457 e. The second-order valence-electron chi connectivity index (χ2n) is 5.12. The number of rotatable bonds is 6. The molecule has 0 spiro atoms. The van der Waals surface area contributed by atoms with Gasteiger partial charge < -0.3 is 9.32 Å². The van der Waals surface area contributed by atoms with Gasteiger partial charge in [-0.3, -0.25) is 0 Å². The average molecular weight is 317 g/mol. The SMILES string of the molecule is CCN(CC)c1ccc(/C=C/c2ccc(C=C(C#N)C#N)o2)cc1. The molecule has 0 unspecified atom stereocenters. The summed E-state index contributed by atoms with van der Waals surface area (Å²) in [6.45, 7) is 6.26. The molecule has 1 heterocycles. The topological polar surface area (TPSA) is 64.0 Å². The Hall–Kier alpha value is -3.24. The van der Waals surface area contributed by atoms with Crippen LogP contribution < -0.4 is 4.90 Å². The van der Waals surface area contributed by atoms with Crippen LogP contribution in [0.1, 0.15) is 30.9 Å². The average Bonchev–Trinajstić information content (AvgIpc) is 3.07. The summed E-state index contributed by atoms with van der Waals surface area (Å²) in [7, 11) is 0. The van der Waals surface area contributed by atoms with E-state index >= 15 is 0 Å². The lowest BCUT2D eigenvalue weighted by atomic mass is 10.1. The summed E-state index contributed by atoms with van der Waals surface area (Å²) in [4.78, 5) is 2.29. The number of hydrogen-bond acceptors (Lipinski definition) is 4. The highest BCUT2D eigenvalue weighted by molar-refractivity contribution is 5.69. The molecular weight excluding hydrogens is 298 g/mol. The van der Waals surface area contributed by atoms with Crippen LogP contribution >= 0.6 is 0 Å². The molecule has 1 aromatic carbocycles. The molecule has 24 heavy (non-hydrogen) atoms. The van der Waals surface area contributed by atoms with Gasteiger partial charge in [0.05, 0.1) is 0 Å². The third-order valence-electron chi connectivity index (χ3n) is 3.64. The summed E-state index contributed by atoms with van der Waals surface area (Å²) in [5, 5.41) is 17.5. The molecule has 0 saturated carbocycles. The Kier molecular flexibility index (Phi) is 6.00.